The minimum absolute atomic E-state index is 0.000761. The molecule has 0 spiro atoms. The molecular weight excluding hydrogens is 391 g/mol. The summed E-state index contributed by atoms with van der Waals surface area (Å²) < 4.78 is 0. The van der Waals surface area contributed by atoms with Gasteiger partial charge >= 0.3 is 0 Å². The lowest BCUT2D eigenvalue weighted by atomic mass is 9.65. The molecule has 3 nitrogen and oxygen atoms in total. The van der Waals surface area contributed by atoms with Crippen LogP contribution in [-0.4, -0.2) is 5.91 Å². The molecule has 1 saturated carbocycles. The van der Waals surface area contributed by atoms with Gasteiger partial charge < -0.3 is 5.32 Å². The monoisotopic (exact) mass is 412 g/mol. The van der Waals surface area contributed by atoms with Gasteiger partial charge in [0.1, 0.15) is 0 Å². The van der Waals surface area contributed by atoms with Crippen LogP contribution in [0.2, 0.25) is 10.0 Å². The Kier molecular flexibility index (Phi) is 5.36. The standard InChI is InChI=1S/C23H22Cl2N2O/c24-18-8-6-16(7-9-18)21-20(17-2-1-3-19(25)12-17)14-23(10-11-26,22(28)27-21)13-15-4-5-15/h1-3,6-9,12,15,20-21H,4-5,10,13-14H2,(H,27,28)/t20-,21-,23-/m1/s1. The van der Waals surface area contributed by atoms with E-state index in [1.807, 2.05) is 42.5 Å². The SMILES string of the molecule is N#CC[C@@]1(CC2CC2)C[C@H](c2cccc(Cl)c2)[C@@H](c2ccc(Cl)cc2)NC1=O. The van der Waals surface area contributed by atoms with E-state index in [0.717, 1.165) is 30.4 Å². The summed E-state index contributed by atoms with van der Waals surface area (Å²) in [7, 11) is 0. The Labute approximate surface area is 175 Å². The van der Waals surface area contributed by atoms with E-state index >= 15 is 0 Å². The molecule has 1 amide bonds. The van der Waals surface area contributed by atoms with Crippen molar-refractivity contribution in [2.75, 3.05) is 0 Å². The molecule has 1 saturated heterocycles. The van der Waals surface area contributed by atoms with E-state index in [1.165, 1.54) is 0 Å². The predicted molar refractivity (Wildman–Crippen MR) is 111 cm³/mol. The van der Waals surface area contributed by atoms with Crippen molar-refractivity contribution in [1.29, 1.82) is 5.26 Å². The molecule has 0 aromatic heterocycles. The molecule has 1 N–H and O–H groups in total. The summed E-state index contributed by atoms with van der Waals surface area (Å²) in [6.07, 6.45) is 4.00. The van der Waals surface area contributed by atoms with Crippen LogP contribution in [-0.2, 0) is 4.79 Å². The summed E-state index contributed by atoms with van der Waals surface area (Å²) >= 11 is 12.3. The first-order valence-corrected chi connectivity index (χ1v) is 10.5. The number of halogens is 2. The minimum atomic E-state index is -0.633. The summed E-state index contributed by atoms with van der Waals surface area (Å²) in [5.41, 5.74) is 1.47. The third-order valence-electron chi connectivity index (χ3n) is 6.08. The van der Waals surface area contributed by atoms with Crippen LogP contribution >= 0.6 is 23.2 Å². The van der Waals surface area contributed by atoms with Gasteiger partial charge in [0, 0.05) is 22.4 Å². The Morgan fingerprint density at radius 1 is 1.07 bits per heavy atom. The Balaban J connectivity index is 1.75. The highest BCUT2D eigenvalue weighted by atomic mass is 35.5. The van der Waals surface area contributed by atoms with Crippen LogP contribution in [0.4, 0.5) is 0 Å². The second-order valence-electron chi connectivity index (χ2n) is 8.13. The van der Waals surface area contributed by atoms with E-state index in [2.05, 4.69) is 17.5 Å². The average molecular weight is 413 g/mol. The van der Waals surface area contributed by atoms with E-state index in [9.17, 15) is 10.1 Å². The van der Waals surface area contributed by atoms with Crippen molar-refractivity contribution < 1.29 is 4.79 Å². The fraction of sp³-hybridized carbons (Fsp3) is 0.391. The molecular formula is C23H22Cl2N2O. The first-order valence-electron chi connectivity index (χ1n) is 9.69. The highest BCUT2D eigenvalue weighted by Crippen LogP contribution is 2.52. The number of nitrogens with one attached hydrogen (secondary N) is 1. The minimum Gasteiger partial charge on any atom is -0.348 e. The number of nitriles is 1. The van der Waals surface area contributed by atoms with Crippen LogP contribution in [0.5, 0.6) is 0 Å². The van der Waals surface area contributed by atoms with Gasteiger partial charge in [-0.25, -0.2) is 0 Å². The lowest BCUT2D eigenvalue weighted by Crippen LogP contribution is -2.50. The van der Waals surface area contributed by atoms with Gasteiger partial charge in [0.05, 0.1) is 17.5 Å². The number of nitrogens with zero attached hydrogens (tertiary/aromatic N) is 1. The molecule has 0 bridgehead atoms. The molecule has 5 heteroatoms. The topological polar surface area (TPSA) is 52.9 Å². The highest BCUT2D eigenvalue weighted by Gasteiger charge is 2.50. The maximum Gasteiger partial charge on any atom is 0.227 e. The van der Waals surface area contributed by atoms with Crippen LogP contribution in [0.3, 0.4) is 0 Å². The molecule has 0 radical (unpaired) electrons. The third kappa shape index (κ3) is 3.90. The lowest BCUT2D eigenvalue weighted by molar-refractivity contribution is -0.136. The molecule has 2 aromatic rings. The average Bonchev–Trinajstić information content (AvgIpc) is 3.48. The number of benzene rings is 2. The normalized spacial score (nSPS) is 27.1. The second kappa shape index (κ2) is 7.78. The van der Waals surface area contributed by atoms with Crippen molar-refractivity contribution in [3.8, 4) is 6.07 Å². The molecule has 4 rings (SSSR count). The van der Waals surface area contributed by atoms with E-state index < -0.39 is 5.41 Å². The molecule has 0 unspecified atom stereocenters. The van der Waals surface area contributed by atoms with Gasteiger partial charge in [-0.15, -0.1) is 0 Å². The summed E-state index contributed by atoms with van der Waals surface area (Å²) in [6.45, 7) is 0. The molecule has 3 atom stereocenters. The number of amides is 1. The van der Waals surface area contributed by atoms with Gasteiger partial charge in [0.25, 0.3) is 0 Å². The van der Waals surface area contributed by atoms with Gasteiger partial charge in [-0.05, 0) is 54.2 Å². The first-order chi connectivity index (χ1) is 13.5. The summed E-state index contributed by atoms with van der Waals surface area (Å²) in [6, 6.07) is 17.6. The van der Waals surface area contributed by atoms with Crippen molar-refractivity contribution in [3.05, 3.63) is 69.7 Å². The molecule has 144 valence electrons. The molecule has 1 aliphatic carbocycles. The third-order valence-corrected chi connectivity index (χ3v) is 6.57. The Morgan fingerprint density at radius 2 is 1.82 bits per heavy atom. The zero-order valence-electron chi connectivity index (χ0n) is 15.5. The van der Waals surface area contributed by atoms with Crippen LogP contribution < -0.4 is 5.32 Å². The largest absolute Gasteiger partial charge is 0.348 e. The highest BCUT2D eigenvalue weighted by molar-refractivity contribution is 6.30. The maximum absolute atomic E-state index is 13.2. The zero-order chi connectivity index (χ0) is 19.7. The second-order valence-corrected chi connectivity index (χ2v) is 9.00. The van der Waals surface area contributed by atoms with E-state index in [1.54, 1.807) is 0 Å². The maximum atomic E-state index is 13.2. The van der Waals surface area contributed by atoms with Gasteiger partial charge in [-0.2, -0.15) is 5.26 Å². The molecule has 1 heterocycles. The van der Waals surface area contributed by atoms with Crippen LogP contribution in [0, 0.1) is 22.7 Å². The number of carbonyl (C=O) groups is 1. The molecule has 2 aliphatic rings. The Bertz CT molecular complexity index is 917. The number of hydrogen-bond acceptors (Lipinski definition) is 2. The summed E-state index contributed by atoms with van der Waals surface area (Å²) in [4.78, 5) is 13.2. The van der Waals surface area contributed by atoms with Gasteiger partial charge in [-0.3, -0.25) is 4.79 Å². The quantitative estimate of drug-likeness (QED) is 0.650. The van der Waals surface area contributed by atoms with E-state index in [-0.39, 0.29) is 24.3 Å². The van der Waals surface area contributed by atoms with Gasteiger partial charge in [-0.1, -0.05) is 60.3 Å². The Morgan fingerprint density at radius 3 is 2.46 bits per heavy atom. The lowest BCUT2D eigenvalue weighted by Gasteiger charge is -2.44. The van der Waals surface area contributed by atoms with Crippen LogP contribution in [0.25, 0.3) is 0 Å². The van der Waals surface area contributed by atoms with Gasteiger partial charge in [0.15, 0.2) is 0 Å². The van der Waals surface area contributed by atoms with Crippen LogP contribution in [0.15, 0.2) is 48.5 Å². The van der Waals surface area contributed by atoms with Crippen molar-refractivity contribution in [2.45, 2.75) is 44.1 Å². The number of hydrogen-bond donors (Lipinski definition) is 1. The van der Waals surface area contributed by atoms with Crippen molar-refractivity contribution in [1.82, 2.24) is 5.32 Å². The number of carbonyl (C=O) groups excluding carboxylic acids is 1. The first kappa shape index (κ1) is 19.3. The molecule has 1 aliphatic heterocycles. The zero-order valence-corrected chi connectivity index (χ0v) is 17.0. The van der Waals surface area contributed by atoms with Crippen molar-refractivity contribution in [2.24, 2.45) is 11.3 Å². The van der Waals surface area contributed by atoms with Gasteiger partial charge in [0.2, 0.25) is 5.91 Å². The van der Waals surface area contributed by atoms with Crippen molar-refractivity contribution in [3.63, 3.8) is 0 Å². The van der Waals surface area contributed by atoms with Crippen LogP contribution in [0.1, 0.15) is 55.2 Å². The van der Waals surface area contributed by atoms with E-state index in [0.29, 0.717) is 22.4 Å². The molecule has 2 aromatic carbocycles. The molecule has 2 fully saturated rings. The summed E-state index contributed by atoms with van der Waals surface area (Å²) in [5, 5.41) is 14.1. The summed E-state index contributed by atoms with van der Waals surface area (Å²) in [5.74, 6) is 0.607. The van der Waals surface area contributed by atoms with E-state index in [4.69, 9.17) is 23.2 Å². The fourth-order valence-electron chi connectivity index (χ4n) is 4.49. The predicted octanol–water partition coefficient (Wildman–Crippen LogP) is 6.04. The smallest absolute Gasteiger partial charge is 0.227 e. The molecule has 28 heavy (non-hydrogen) atoms. The Hall–Kier alpha value is -2.02. The van der Waals surface area contributed by atoms with Crippen molar-refractivity contribution >= 4 is 29.1 Å². The number of piperidine rings is 1. The fourth-order valence-corrected chi connectivity index (χ4v) is 4.81. The number of rotatable bonds is 5.